The number of benzene rings is 1. The van der Waals surface area contributed by atoms with Crippen LogP contribution in [-0.2, 0) is 10.1 Å². The van der Waals surface area contributed by atoms with Gasteiger partial charge in [0, 0.05) is 12.1 Å². The van der Waals surface area contributed by atoms with Gasteiger partial charge in [-0.1, -0.05) is 0 Å². The Morgan fingerprint density at radius 3 is 1.93 bits per heavy atom. The Balaban J connectivity index is 0.00000169. The monoisotopic (exact) mass is 226 g/mol. The van der Waals surface area contributed by atoms with Crippen molar-refractivity contribution >= 4 is 15.8 Å². The predicted molar refractivity (Wildman–Crippen MR) is 42.9 cm³/mol. The third-order valence-electron chi connectivity index (χ3n) is 1.35. The zero-order valence-corrected chi connectivity index (χ0v) is 10.1. The van der Waals surface area contributed by atoms with Crippen molar-refractivity contribution < 1.29 is 47.5 Å². The predicted octanol–water partition coefficient (Wildman–Crippen LogP) is -2.15. The maximum Gasteiger partial charge on any atom is 1.00 e. The SMILES string of the molecule is O=[N+]([O-])c1ccc(S(=O)(=O)O)cc1.[Na+]. The second-order valence-corrected chi connectivity index (χ2v) is 3.65. The molecular formula is C6H5NNaO5S+. The Hall–Kier alpha value is -0.470. The molecule has 70 valence electrons. The molecule has 0 amide bonds. The van der Waals surface area contributed by atoms with E-state index in [1.807, 2.05) is 0 Å². The van der Waals surface area contributed by atoms with Gasteiger partial charge in [-0.15, -0.1) is 0 Å². The first-order valence-electron chi connectivity index (χ1n) is 3.13. The molecule has 1 N–H and O–H groups in total. The van der Waals surface area contributed by atoms with Crippen molar-refractivity contribution in [2.75, 3.05) is 0 Å². The van der Waals surface area contributed by atoms with E-state index in [0.717, 1.165) is 24.3 Å². The fourth-order valence-corrected chi connectivity index (χ4v) is 1.22. The van der Waals surface area contributed by atoms with Crippen molar-refractivity contribution in [2.45, 2.75) is 4.90 Å². The summed E-state index contributed by atoms with van der Waals surface area (Å²) in [7, 11) is -4.27. The van der Waals surface area contributed by atoms with Crippen LogP contribution >= 0.6 is 0 Å². The van der Waals surface area contributed by atoms with Crippen LogP contribution in [0.1, 0.15) is 0 Å². The van der Waals surface area contributed by atoms with Crippen LogP contribution in [0.5, 0.6) is 0 Å². The molecule has 0 aliphatic rings. The number of nitrogens with zero attached hydrogens (tertiary/aromatic N) is 1. The third-order valence-corrected chi connectivity index (χ3v) is 2.21. The van der Waals surface area contributed by atoms with Gasteiger partial charge in [-0.3, -0.25) is 14.7 Å². The summed E-state index contributed by atoms with van der Waals surface area (Å²) in [5, 5.41) is 10.2. The molecule has 6 nitrogen and oxygen atoms in total. The van der Waals surface area contributed by atoms with E-state index in [9.17, 15) is 18.5 Å². The molecule has 0 spiro atoms. The Bertz CT molecular complexity index is 426. The third kappa shape index (κ3) is 3.35. The second kappa shape index (κ2) is 4.85. The Morgan fingerprint density at radius 1 is 1.21 bits per heavy atom. The van der Waals surface area contributed by atoms with Gasteiger partial charge in [0.05, 0.1) is 9.82 Å². The molecule has 0 aromatic heterocycles. The van der Waals surface area contributed by atoms with Crippen LogP contribution < -0.4 is 29.6 Å². The Labute approximate surface area is 102 Å². The summed E-state index contributed by atoms with van der Waals surface area (Å²) in [6.45, 7) is 0. The normalized spacial score (nSPS) is 10.4. The Kier molecular flexibility index (Phi) is 4.69. The minimum absolute atomic E-state index is 0. The van der Waals surface area contributed by atoms with Gasteiger partial charge < -0.3 is 0 Å². The first-order chi connectivity index (χ1) is 5.91. The quantitative estimate of drug-likeness (QED) is 0.268. The summed E-state index contributed by atoms with van der Waals surface area (Å²) in [5.74, 6) is 0. The zero-order valence-electron chi connectivity index (χ0n) is 7.25. The van der Waals surface area contributed by atoms with Gasteiger partial charge in [0.2, 0.25) is 0 Å². The van der Waals surface area contributed by atoms with Gasteiger partial charge in [-0.2, -0.15) is 8.42 Å². The molecule has 0 bridgehead atoms. The largest absolute Gasteiger partial charge is 1.00 e. The summed E-state index contributed by atoms with van der Waals surface area (Å²) in [6, 6.07) is 3.94. The van der Waals surface area contributed by atoms with Gasteiger partial charge >= 0.3 is 29.6 Å². The smallest absolute Gasteiger partial charge is 0.282 e. The molecule has 1 aromatic carbocycles. The molecule has 1 rings (SSSR count). The van der Waals surface area contributed by atoms with Crippen LogP contribution in [0.25, 0.3) is 0 Å². The molecule has 0 saturated heterocycles. The maximum atomic E-state index is 10.5. The van der Waals surface area contributed by atoms with Gasteiger partial charge in [0.15, 0.2) is 0 Å². The van der Waals surface area contributed by atoms with Gasteiger partial charge in [0.1, 0.15) is 0 Å². The van der Waals surface area contributed by atoms with Crippen LogP contribution in [-0.4, -0.2) is 17.9 Å². The van der Waals surface area contributed by atoms with Crippen molar-refractivity contribution in [3.05, 3.63) is 34.4 Å². The van der Waals surface area contributed by atoms with Crippen LogP contribution in [0.15, 0.2) is 29.2 Å². The van der Waals surface area contributed by atoms with Gasteiger partial charge in [-0.05, 0) is 12.1 Å². The molecular weight excluding hydrogens is 221 g/mol. The minimum Gasteiger partial charge on any atom is -0.282 e. The summed E-state index contributed by atoms with van der Waals surface area (Å²) in [4.78, 5) is 9.13. The summed E-state index contributed by atoms with van der Waals surface area (Å²) in [5.41, 5.74) is -0.229. The van der Waals surface area contributed by atoms with Crippen molar-refractivity contribution in [3.63, 3.8) is 0 Å². The molecule has 0 aliphatic carbocycles. The average molecular weight is 226 g/mol. The van der Waals surface area contributed by atoms with Crippen LogP contribution in [0.2, 0.25) is 0 Å². The topological polar surface area (TPSA) is 97.5 Å². The van der Waals surface area contributed by atoms with E-state index in [0.29, 0.717) is 0 Å². The fraction of sp³-hybridized carbons (Fsp3) is 0. The van der Waals surface area contributed by atoms with Gasteiger partial charge in [0.25, 0.3) is 15.8 Å². The average Bonchev–Trinajstić information content (AvgIpc) is 2.03. The van der Waals surface area contributed by atoms with Crippen molar-refractivity contribution in [1.29, 1.82) is 0 Å². The molecule has 0 atom stereocenters. The molecule has 0 saturated carbocycles. The minimum atomic E-state index is -4.27. The van der Waals surface area contributed by atoms with E-state index >= 15 is 0 Å². The number of nitro groups is 1. The van der Waals surface area contributed by atoms with E-state index in [4.69, 9.17) is 4.55 Å². The van der Waals surface area contributed by atoms with Crippen molar-refractivity contribution in [3.8, 4) is 0 Å². The van der Waals surface area contributed by atoms with Crippen molar-refractivity contribution in [1.82, 2.24) is 0 Å². The van der Waals surface area contributed by atoms with Crippen LogP contribution in [0.3, 0.4) is 0 Å². The molecule has 0 heterocycles. The van der Waals surface area contributed by atoms with E-state index in [2.05, 4.69) is 0 Å². The van der Waals surface area contributed by atoms with Crippen LogP contribution in [0, 0.1) is 10.1 Å². The maximum absolute atomic E-state index is 10.5. The first-order valence-corrected chi connectivity index (χ1v) is 4.57. The summed E-state index contributed by atoms with van der Waals surface area (Å²) in [6.07, 6.45) is 0. The zero-order chi connectivity index (χ0) is 10.1. The molecule has 8 heteroatoms. The summed E-state index contributed by atoms with van der Waals surface area (Å²) >= 11 is 0. The molecule has 0 aliphatic heterocycles. The number of nitro benzene ring substituents is 1. The molecule has 1 aromatic rings. The van der Waals surface area contributed by atoms with E-state index < -0.39 is 15.0 Å². The molecule has 14 heavy (non-hydrogen) atoms. The van der Waals surface area contributed by atoms with Gasteiger partial charge in [-0.25, -0.2) is 0 Å². The fourth-order valence-electron chi connectivity index (χ4n) is 0.740. The number of rotatable bonds is 2. The summed E-state index contributed by atoms with van der Waals surface area (Å²) < 4.78 is 29.5. The molecule has 0 unspecified atom stereocenters. The second-order valence-electron chi connectivity index (χ2n) is 2.23. The number of hydrogen-bond donors (Lipinski definition) is 1. The Morgan fingerprint density at radius 2 is 1.64 bits per heavy atom. The first kappa shape index (κ1) is 13.5. The van der Waals surface area contributed by atoms with E-state index in [1.54, 1.807) is 0 Å². The van der Waals surface area contributed by atoms with Crippen molar-refractivity contribution in [2.24, 2.45) is 0 Å². The van der Waals surface area contributed by atoms with E-state index in [1.165, 1.54) is 0 Å². The van der Waals surface area contributed by atoms with E-state index in [-0.39, 0.29) is 40.1 Å². The standard InChI is InChI=1S/C6H5NO5S.Na/c8-7(9)5-1-3-6(4-2-5)13(10,11)12;/h1-4H,(H,10,11,12);/q;+1. The number of hydrogen-bond acceptors (Lipinski definition) is 4. The molecule has 0 radical (unpaired) electrons. The van der Waals surface area contributed by atoms with Crippen LogP contribution in [0.4, 0.5) is 5.69 Å². The molecule has 0 fully saturated rings. The number of non-ortho nitro benzene ring substituents is 1.